The number of carbonyl (C=O) groups excluding carboxylic acids is 1. The molecule has 212 valence electrons. The lowest BCUT2D eigenvalue weighted by Crippen LogP contribution is -2.53. The highest BCUT2D eigenvalue weighted by Crippen LogP contribution is 2.63. The average molecular weight is 588 g/mol. The van der Waals surface area contributed by atoms with Gasteiger partial charge in [-0.25, -0.2) is 4.98 Å². The Bertz CT molecular complexity index is 2070. The molecule has 1 aromatic heterocycles. The Kier molecular flexibility index (Phi) is 6.04. The molecule has 44 heavy (non-hydrogen) atoms. The van der Waals surface area contributed by atoms with Crippen LogP contribution in [0.5, 0.6) is 0 Å². The van der Waals surface area contributed by atoms with E-state index in [1.54, 1.807) is 0 Å². The standard InChI is InChI=1S/C39H29N3OS/c1-38(23-39(24-40)33-12-6-4-10-31(33)35(38)32-11-5-7-13-34(32)39)36(43)42-37-41-30(22-44-37)20-25-14-16-27(17-15-25)29-19-18-26-8-2-3-9-28(26)21-29/h2-19,21-22,35H,20,23H2,1H3,(H,41,42,43). The maximum Gasteiger partial charge on any atom is 0.233 e. The number of amides is 1. The number of aromatic nitrogens is 1. The predicted molar refractivity (Wildman–Crippen MR) is 177 cm³/mol. The zero-order valence-electron chi connectivity index (χ0n) is 24.2. The fourth-order valence-electron chi connectivity index (χ4n) is 7.57. The third-order valence-corrected chi connectivity index (χ3v) is 10.4. The van der Waals surface area contributed by atoms with E-state index in [2.05, 4.69) is 102 Å². The van der Waals surface area contributed by atoms with Gasteiger partial charge in [-0.15, -0.1) is 11.3 Å². The molecule has 1 amide bonds. The molecule has 3 aliphatic rings. The number of hydrogen-bond acceptors (Lipinski definition) is 4. The Morgan fingerprint density at radius 2 is 1.50 bits per heavy atom. The van der Waals surface area contributed by atoms with Crippen molar-refractivity contribution in [3.05, 3.63) is 154 Å². The van der Waals surface area contributed by atoms with E-state index in [0.29, 0.717) is 18.0 Å². The summed E-state index contributed by atoms with van der Waals surface area (Å²) >= 11 is 1.45. The second-order valence-corrected chi connectivity index (χ2v) is 13.1. The summed E-state index contributed by atoms with van der Waals surface area (Å²) in [6, 6.07) is 42.5. The van der Waals surface area contributed by atoms with Crippen LogP contribution >= 0.6 is 11.3 Å². The van der Waals surface area contributed by atoms with Crippen molar-refractivity contribution in [2.45, 2.75) is 31.1 Å². The first-order chi connectivity index (χ1) is 21.5. The first kappa shape index (κ1) is 26.6. The number of nitrogens with zero attached hydrogens (tertiary/aromatic N) is 2. The van der Waals surface area contributed by atoms with Crippen LogP contribution in [0.4, 0.5) is 5.13 Å². The molecular formula is C39H29N3OS. The van der Waals surface area contributed by atoms with E-state index >= 15 is 0 Å². The number of rotatable bonds is 5. The second kappa shape index (κ2) is 10.0. The molecule has 4 nitrogen and oxygen atoms in total. The van der Waals surface area contributed by atoms with Crippen LogP contribution in [0.3, 0.4) is 0 Å². The van der Waals surface area contributed by atoms with Crippen molar-refractivity contribution in [3.63, 3.8) is 0 Å². The fraction of sp³-hybridized carbons (Fsp3) is 0.154. The van der Waals surface area contributed by atoms with E-state index < -0.39 is 10.8 Å². The lowest BCUT2D eigenvalue weighted by Gasteiger charge is -2.54. The van der Waals surface area contributed by atoms with Crippen molar-refractivity contribution in [1.82, 2.24) is 4.98 Å². The van der Waals surface area contributed by atoms with E-state index in [0.717, 1.165) is 27.9 Å². The van der Waals surface area contributed by atoms with Crippen LogP contribution in [0.15, 0.2) is 121 Å². The van der Waals surface area contributed by atoms with E-state index in [1.165, 1.54) is 38.8 Å². The molecule has 1 unspecified atom stereocenters. The van der Waals surface area contributed by atoms with Gasteiger partial charge in [0.25, 0.3) is 0 Å². The van der Waals surface area contributed by atoms with Gasteiger partial charge in [0.05, 0.1) is 17.2 Å². The predicted octanol–water partition coefficient (Wildman–Crippen LogP) is 8.86. The van der Waals surface area contributed by atoms with E-state index in [4.69, 9.17) is 4.98 Å². The minimum atomic E-state index is -0.860. The van der Waals surface area contributed by atoms with Crippen molar-refractivity contribution < 1.29 is 4.79 Å². The van der Waals surface area contributed by atoms with Gasteiger partial charge in [0.1, 0.15) is 5.41 Å². The Hall–Kier alpha value is -5.05. The molecule has 0 saturated heterocycles. The van der Waals surface area contributed by atoms with Gasteiger partial charge in [0, 0.05) is 17.7 Å². The summed E-state index contributed by atoms with van der Waals surface area (Å²) in [7, 11) is 0. The quantitative estimate of drug-likeness (QED) is 0.219. The number of fused-ring (bicyclic) bond motifs is 2. The highest BCUT2D eigenvalue weighted by Gasteiger charge is 2.61. The molecule has 0 aliphatic heterocycles. The zero-order chi connectivity index (χ0) is 29.9. The Balaban J connectivity index is 1.02. The molecule has 1 heterocycles. The average Bonchev–Trinajstić information content (AvgIpc) is 3.51. The van der Waals surface area contributed by atoms with Crippen molar-refractivity contribution in [2.24, 2.45) is 5.41 Å². The summed E-state index contributed by atoms with van der Waals surface area (Å²) in [6.07, 6.45) is 1.12. The minimum Gasteiger partial charge on any atom is -0.301 e. The van der Waals surface area contributed by atoms with Crippen molar-refractivity contribution in [1.29, 1.82) is 5.26 Å². The van der Waals surface area contributed by atoms with Crippen LogP contribution in [-0.4, -0.2) is 10.9 Å². The van der Waals surface area contributed by atoms with Crippen LogP contribution < -0.4 is 5.32 Å². The van der Waals surface area contributed by atoms with Gasteiger partial charge in [-0.2, -0.15) is 5.26 Å². The zero-order valence-corrected chi connectivity index (χ0v) is 25.1. The summed E-state index contributed by atoms with van der Waals surface area (Å²) in [6.45, 7) is 2.01. The minimum absolute atomic E-state index is 0.0910. The molecular weight excluding hydrogens is 559 g/mol. The maximum absolute atomic E-state index is 14.1. The largest absolute Gasteiger partial charge is 0.301 e. The summed E-state index contributed by atoms with van der Waals surface area (Å²) in [5.74, 6) is -0.225. The van der Waals surface area contributed by atoms with Crippen LogP contribution in [0.1, 0.15) is 52.8 Å². The lowest BCUT2D eigenvalue weighted by molar-refractivity contribution is -0.127. The number of anilines is 1. The monoisotopic (exact) mass is 587 g/mol. The molecule has 5 aromatic carbocycles. The first-order valence-corrected chi connectivity index (χ1v) is 15.8. The first-order valence-electron chi connectivity index (χ1n) is 14.9. The summed E-state index contributed by atoms with van der Waals surface area (Å²) < 4.78 is 0. The molecule has 1 atom stereocenters. The number of hydrogen-bond donors (Lipinski definition) is 1. The normalized spacial score (nSPS) is 21.3. The van der Waals surface area contributed by atoms with Gasteiger partial charge in [0.2, 0.25) is 5.91 Å². The third-order valence-electron chi connectivity index (χ3n) is 9.64. The van der Waals surface area contributed by atoms with Gasteiger partial charge >= 0.3 is 0 Å². The highest BCUT2D eigenvalue weighted by atomic mass is 32.1. The van der Waals surface area contributed by atoms with Gasteiger partial charge in [-0.1, -0.05) is 109 Å². The molecule has 6 aromatic rings. The van der Waals surface area contributed by atoms with Crippen molar-refractivity contribution >= 4 is 33.1 Å². The Morgan fingerprint density at radius 3 is 2.20 bits per heavy atom. The molecule has 0 saturated carbocycles. The molecule has 9 rings (SSSR count). The second-order valence-electron chi connectivity index (χ2n) is 12.3. The molecule has 3 aliphatic carbocycles. The molecule has 5 heteroatoms. The van der Waals surface area contributed by atoms with Crippen molar-refractivity contribution in [2.75, 3.05) is 5.32 Å². The van der Waals surface area contributed by atoms with Crippen LogP contribution in [-0.2, 0) is 16.6 Å². The van der Waals surface area contributed by atoms with Crippen LogP contribution in [0, 0.1) is 16.7 Å². The number of nitriles is 1. The number of nitrogens with one attached hydrogen (secondary N) is 1. The van der Waals surface area contributed by atoms with Gasteiger partial charge in [-0.05, 0) is 69.1 Å². The van der Waals surface area contributed by atoms with Crippen LogP contribution in [0.2, 0.25) is 0 Å². The molecule has 0 spiro atoms. The van der Waals surface area contributed by atoms with Gasteiger partial charge in [0.15, 0.2) is 5.13 Å². The molecule has 1 N–H and O–H groups in total. The smallest absolute Gasteiger partial charge is 0.233 e. The molecule has 2 bridgehead atoms. The lowest BCUT2D eigenvalue weighted by atomic mass is 9.47. The van der Waals surface area contributed by atoms with E-state index in [-0.39, 0.29) is 11.8 Å². The molecule has 0 fully saturated rings. The summed E-state index contributed by atoms with van der Waals surface area (Å²) in [5.41, 5.74) is 7.00. The van der Waals surface area contributed by atoms with Crippen molar-refractivity contribution in [3.8, 4) is 17.2 Å². The fourth-order valence-corrected chi connectivity index (χ4v) is 8.27. The van der Waals surface area contributed by atoms with Gasteiger partial charge in [-0.3, -0.25) is 4.79 Å². The Morgan fingerprint density at radius 1 is 0.864 bits per heavy atom. The summed E-state index contributed by atoms with van der Waals surface area (Å²) in [4.78, 5) is 18.9. The Labute approximate surface area is 260 Å². The maximum atomic E-state index is 14.1. The highest BCUT2D eigenvalue weighted by molar-refractivity contribution is 7.13. The SMILES string of the molecule is CC1(C(=O)Nc2nc(Cc3ccc(-c4ccc5ccccc5c4)cc3)cs2)CC2(C#N)c3ccccc3C1c1ccccc12. The number of carbonyl (C=O) groups is 1. The van der Waals surface area contributed by atoms with E-state index in [9.17, 15) is 10.1 Å². The topological polar surface area (TPSA) is 65.8 Å². The number of benzene rings is 5. The number of thiazole rings is 1. The molecule has 0 radical (unpaired) electrons. The van der Waals surface area contributed by atoms with Crippen LogP contribution in [0.25, 0.3) is 21.9 Å². The van der Waals surface area contributed by atoms with Gasteiger partial charge < -0.3 is 5.32 Å². The third kappa shape index (κ3) is 4.02. The van der Waals surface area contributed by atoms with E-state index in [1.807, 2.05) is 36.6 Å². The summed E-state index contributed by atoms with van der Waals surface area (Å²) in [5, 5.41) is 18.9.